The average Bonchev–Trinajstić information content (AvgIpc) is 3.29. The Balaban J connectivity index is 1.68. The van der Waals surface area contributed by atoms with Crippen LogP contribution < -0.4 is 0 Å². The summed E-state index contributed by atoms with van der Waals surface area (Å²) in [6.07, 6.45) is 3.66. The Labute approximate surface area is 152 Å². The standard InChI is InChI=1S/C20H20N2O3S/c1-15-14-17-6-2-3-13-22(17)19(15)20(23)16-7-9-18(10-8-16)26(24,25)21-11-4-5-12-21/h2-3,6-10,13-14H,4-5,11-12H2,1H3. The zero-order valence-corrected chi connectivity index (χ0v) is 15.4. The van der Waals surface area contributed by atoms with Gasteiger partial charge >= 0.3 is 0 Å². The van der Waals surface area contributed by atoms with Crippen LogP contribution in [0.1, 0.15) is 34.5 Å². The summed E-state index contributed by atoms with van der Waals surface area (Å²) in [6, 6.07) is 14.0. The molecule has 1 aliphatic rings. The maximum Gasteiger partial charge on any atom is 0.243 e. The molecule has 1 saturated heterocycles. The largest absolute Gasteiger partial charge is 0.313 e. The van der Waals surface area contributed by atoms with Crippen molar-refractivity contribution in [2.45, 2.75) is 24.7 Å². The first-order chi connectivity index (χ1) is 12.5. The lowest BCUT2D eigenvalue weighted by Gasteiger charge is -2.15. The van der Waals surface area contributed by atoms with Gasteiger partial charge in [-0.3, -0.25) is 4.79 Å². The molecule has 0 atom stereocenters. The van der Waals surface area contributed by atoms with Gasteiger partial charge in [0.25, 0.3) is 0 Å². The zero-order valence-electron chi connectivity index (χ0n) is 14.6. The van der Waals surface area contributed by atoms with Gasteiger partial charge in [-0.1, -0.05) is 6.07 Å². The summed E-state index contributed by atoms with van der Waals surface area (Å²) < 4.78 is 28.6. The van der Waals surface area contributed by atoms with Crippen LogP contribution >= 0.6 is 0 Å². The summed E-state index contributed by atoms with van der Waals surface area (Å²) in [5, 5.41) is 0. The Kier molecular flexibility index (Phi) is 4.17. The van der Waals surface area contributed by atoms with Gasteiger partial charge in [0.2, 0.25) is 15.8 Å². The monoisotopic (exact) mass is 368 g/mol. The van der Waals surface area contributed by atoms with E-state index in [-0.39, 0.29) is 10.7 Å². The molecule has 5 nitrogen and oxygen atoms in total. The van der Waals surface area contributed by atoms with Gasteiger partial charge in [0.1, 0.15) is 0 Å². The Bertz CT molecular complexity index is 1080. The average molecular weight is 368 g/mol. The van der Waals surface area contributed by atoms with Crippen molar-refractivity contribution in [3.63, 3.8) is 0 Å². The zero-order chi connectivity index (χ0) is 18.3. The van der Waals surface area contributed by atoms with Crippen molar-refractivity contribution >= 4 is 21.3 Å². The molecule has 0 spiro atoms. The Morgan fingerprint density at radius 1 is 1.00 bits per heavy atom. The Morgan fingerprint density at radius 3 is 2.38 bits per heavy atom. The molecule has 0 saturated carbocycles. The molecule has 134 valence electrons. The van der Waals surface area contributed by atoms with Crippen LogP contribution in [0.15, 0.2) is 59.6 Å². The highest BCUT2D eigenvalue weighted by atomic mass is 32.2. The third-order valence-electron chi connectivity index (χ3n) is 4.90. The number of hydrogen-bond donors (Lipinski definition) is 0. The topological polar surface area (TPSA) is 58.9 Å². The third-order valence-corrected chi connectivity index (χ3v) is 6.82. The summed E-state index contributed by atoms with van der Waals surface area (Å²) in [7, 11) is -3.46. The number of nitrogens with zero attached hydrogens (tertiary/aromatic N) is 2. The molecule has 0 unspecified atom stereocenters. The van der Waals surface area contributed by atoms with Gasteiger partial charge in [0, 0.05) is 30.4 Å². The molecule has 0 aliphatic carbocycles. The maximum absolute atomic E-state index is 13.0. The van der Waals surface area contributed by atoms with Crippen molar-refractivity contribution in [3.8, 4) is 0 Å². The molecule has 1 aromatic carbocycles. The van der Waals surface area contributed by atoms with E-state index in [0.29, 0.717) is 24.3 Å². The van der Waals surface area contributed by atoms with Crippen LogP contribution in [0.5, 0.6) is 0 Å². The van der Waals surface area contributed by atoms with E-state index in [0.717, 1.165) is 23.9 Å². The molecule has 0 amide bonds. The van der Waals surface area contributed by atoms with Crippen LogP contribution in [0.2, 0.25) is 0 Å². The molecular formula is C20H20N2O3S. The van der Waals surface area contributed by atoms with Crippen LogP contribution in [0.4, 0.5) is 0 Å². The molecular weight excluding hydrogens is 348 g/mol. The van der Waals surface area contributed by atoms with Crippen LogP contribution in [0.3, 0.4) is 0 Å². The van der Waals surface area contributed by atoms with E-state index in [2.05, 4.69) is 0 Å². The number of hydrogen-bond acceptors (Lipinski definition) is 3. The number of aryl methyl sites for hydroxylation is 1. The normalized spacial score (nSPS) is 15.6. The molecule has 3 heterocycles. The summed E-state index contributed by atoms with van der Waals surface area (Å²) in [5.74, 6) is -0.112. The van der Waals surface area contributed by atoms with Gasteiger partial charge in [-0.25, -0.2) is 8.42 Å². The lowest BCUT2D eigenvalue weighted by Crippen LogP contribution is -2.27. The fraction of sp³-hybridized carbons (Fsp3) is 0.250. The molecule has 1 fully saturated rings. The molecule has 1 aliphatic heterocycles. The van der Waals surface area contributed by atoms with E-state index in [1.807, 2.05) is 41.8 Å². The van der Waals surface area contributed by atoms with Gasteiger partial charge in [-0.2, -0.15) is 4.31 Å². The van der Waals surface area contributed by atoms with Gasteiger partial charge < -0.3 is 4.40 Å². The Morgan fingerprint density at radius 2 is 1.69 bits per heavy atom. The first-order valence-corrected chi connectivity index (χ1v) is 10.1. The summed E-state index contributed by atoms with van der Waals surface area (Å²) in [4.78, 5) is 13.2. The third kappa shape index (κ3) is 2.75. The number of rotatable bonds is 4. The van der Waals surface area contributed by atoms with E-state index in [9.17, 15) is 13.2 Å². The predicted octanol–water partition coefficient (Wildman–Crippen LogP) is 3.26. The molecule has 0 bridgehead atoms. The Hall–Kier alpha value is -2.44. The first-order valence-electron chi connectivity index (χ1n) is 8.70. The van der Waals surface area contributed by atoms with E-state index in [1.165, 1.54) is 16.4 Å². The molecule has 6 heteroatoms. The first kappa shape index (κ1) is 17.0. The number of sulfonamides is 1. The number of pyridine rings is 1. The SMILES string of the molecule is Cc1cc2ccccn2c1C(=O)c1ccc(S(=O)(=O)N2CCCC2)cc1. The highest BCUT2D eigenvalue weighted by molar-refractivity contribution is 7.89. The lowest BCUT2D eigenvalue weighted by molar-refractivity contribution is 0.103. The minimum Gasteiger partial charge on any atom is -0.313 e. The minimum atomic E-state index is -3.46. The van der Waals surface area contributed by atoms with Gasteiger partial charge in [-0.15, -0.1) is 0 Å². The second-order valence-electron chi connectivity index (χ2n) is 6.64. The van der Waals surface area contributed by atoms with E-state index in [1.54, 1.807) is 12.1 Å². The smallest absolute Gasteiger partial charge is 0.243 e. The van der Waals surface area contributed by atoms with Crippen molar-refractivity contribution in [1.29, 1.82) is 0 Å². The number of carbonyl (C=O) groups excluding carboxylic acids is 1. The number of carbonyl (C=O) groups is 1. The number of ketones is 1. The fourth-order valence-corrected chi connectivity index (χ4v) is 5.06. The van der Waals surface area contributed by atoms with Crippen LogP contribution in [-0.4, -0.2) is 36.0 Å². The maximum atomic E-state index is 13.0. The summed E-state index contributed by atoms with van der Waals surface area (Å²) in [5.41, 5.74) is 2.95. The van der Waals surface area contributed by atoms with E-state index >= 15 is 0 Å². The molecule has 26 heavy (non-hydrogen) atoms. The quantitative estimate of drug-likeness (QED) is 0.664. The second-order valence-corrected chi connectivity index (χ2v) is 8.57. The molecule has 2 aromatic heterocycles. The van der Waals surface area contributed by atoms with Crippen molar-refractivity contribution in [1.82, 2.24) is 8.71 Å². The molecule has 0 N–H and O–H groups in total. The van der Waals surface area contributed by atoms with Gasteiger partial charge in [0.15, 0.2) is 0 Å². The molecule has 3 aromatic rings. The second kappa shape index (κ2) is 6.37. The number of aromatic nitrogens is 1. The lowest BCUT2D eigenvalue weighted by atomic mass is 10.1. The molecule has 4 rings (SSSR count). The summed E-state index contributed by atoms with van der Waals surface area (Å²) in [6.45, 7) is 3.04. The summed E-state index contributed by atoms with van der Waals surface area (Å²) >= 11 is 0. The predicted molar refractivity (Wildman–Crippen MR) is 100 cm³/mol. The van der Waals surface area contributed by atoms with Crippen LogP contribution in [0.25, 0.3) is 5.52 Å². The van der Waals surface area contributed by atoms with Crippen molar-refractivity contribution < 1.29 is 13.2 Å². The highest BCUT2D eigenvalue weighted by Gasteiger charge is 2.27. The molecule has 0 radical (unpaired) electrons. The van der Waals surface area contributed by atoms with Gasteiger partial charge in [-0.05, 0) is 67.8 Å². The number of fused-ring (bicyclic) bond motifs is 1. The fourth-order valence-electron chi connectivity index (χ4n) is 3.54. The van der Waals surface area contributed by atoms with Crippen molar-refractivity contribution in [3.05, 3.63) is 71.5 Å². The van der Waals surface area contributed by atoms with Gasteiger partial charge in [0.05, 0.1) is 10.6 Å². The van der Waals surface area contributed by atoms with E-state index in [4.69, 9.17) is 0 Å². The van der Waals surface area contributed by atoms with Crippen molar-refractivity contribution in [2.75, 3.05) is 13.1 Å². The van der Waals surface area contributed by atoms with E-state index < -0.39 is 10.0 Å². The van der Waals surface area contributed by atoms with Crippen molar-refractivity contribution in [2.24, 2.45) is 0 Å². The highest BCUT2D eigenvalue weighted by Crippen LogP contribution is 2.23. The minimum absolute atomic E-state index is 0.112. The van der Waals surface area contributed by atoms with Crippen LogP contribution in [0, 0.1) is 6.92 Å². The van der Waals surface area contributed by atoms with Crippen LogP contribution in [-0.2, 0) is 10.0 Å². The number of benzene rings is 1.